The van der Waals surface area contributed by atoms with Gasteiger partial charge in [-0.2, -0.15) is 0 Å². The molecule has 3 rings (SSSR count). The van der Waals surface area contributed by atoms with Gasteiger partial charge in [-0.25, -0.2) is 0 Å². The van der Waals surface area contributed by atoms with Gasteiger partial charge in [0.25, 0.3) is 5.69 Å². The van der Waals surface area contributed by atoms with Gasteiger partial charge in [-0.3, -0.25) is 10.1 Å². The molecule has 2 fully saturated rings. The summed E-state index contributed by atoms with van der Waals surface area (Å²) in [5.74, 6) is 0.499. The smallest absolute Gasteiger partial charge is 0.272 e. The minimum atomic E-state index is -0.273. The molecule has 0 aromatic heterocycles. The maximum absolute atomic E-state index is 11.4. The topological polar surface area (TPSA) is 55.6 Å². The van der Waals surface area contributed by atoms with Crippen molar-refractivity contribution in [2.75, 3.05) is 19.7 Å². The van der Waals surface area contributed by atoms with Crippen molar-refractivity contribution in [3.05, 3.63) is 38.4 Å². The molecule has 1 aliphatic heterocycles. The zero-order chi connectivity index (χ0) is 19.4. The summed E-state index contributed by atoms with van der Waals surface area (Å²) in [4.78, 5) is 13.8. The molecule has 5 nitrogen and oxygen atoms in total. The van der Waals surface area contributed by atoms with E-state index >= 15 is 0 Å². The number of rotatable bonds is 6. The number of likely N-dealkylation sites (tertiary alicyclic amines) is 1. The molecular formula is C21H31ClN2O3. The maximum atomic E-state index is 11.4. The van der Waals surface area contributed by atoms with Crippen molar-refractivity contribution >= 4 is 17.3 Å². The average molecular weight is 395 g/mol. The van der Waals surface area contributed by atoms with Crippen molar-refractivity contribution in [1.82, 2.24) is 4.90 Å². The number of aryl methyl sites for hydroxylation is 1. The molecule has 1 saturated heterocycles. The van der Waals surface area contributed by atoms with Crippen LogP contribution in [0.5, 0.6) is 0 Å². The van der Waals surface area contributed by atoms with Crippen LogP contribution >= 0.6 is 11.6 Å². The first-order valence-electron chi connectivity index (χ1n) is 10.3. The Hall–Kier alpha value is -1.17. The van der Waals surface area contributed by atoms with E-state index < -0.39 is 0 Å². The quantitative estimate of drug-likeness (QED) is 0.494. The van der Waals surface area contributed by atoms with Crippen LogP contribution in [0, 0.1) is 23.0 Å². The highest BCUT2D eigenvalue weighted by atomic mass is 35.5. The third-order valence-corrected chi connectivity index (χ3v) is 6.68. The lowest BCUT2D eigenvalue weighted by molar-refractivity contribution is -0.385. The molecule has 1 saturated carbocycles. The van der Waals surface area contributed by atoms with Crippen molar-refractivity contribution < 1.29 is 9.66 Å². The van der Waals surface area contributed by atoms with Crippen LogP contribution in [-0.4, -0.2) is 41.7 Å². The SMILES string of the molecule is CCOC1CCC(N2CCC(Cc3cc(Cl)c(C)cc3[N+](=O)[O-])CC2)CC1. The summed E-state index contributed by atoms with van der Waals surface area (Å²) in [5, 5.41) is 12.0. The summed E-state index contributed by atoms with van der Waals surface area (Å²) in [5.41, 5.74) is 1.77. The third-order valence-electron chi connectivity index (χ3n) is 6.28. The van der Waals surface area contributed by atoms with Crippen LogP contribution in [0.3, 0.4) is 0 Å². The Morgan fingerprint density at radius 2 is 1.85 bits per heavy atom. The summed E-state index contributed by atoms with van der Waals surface area (Å²) < 4.78 is 5.77. The molecule has 150 valence electrons. The van der Waals surface area contributed by atoms with Crippen LogP contribution in [0.1, 0.15) is 56.6 Å². The molecule has 1 aromatic rings. The molecule has 1 heterocycles. The number of nitrogens with zero attached hydrogens (tertiary/aromatic N) is 2. The molecule has 6 heteroatoms. The second kappa shape index (κ2) is 9.35. The van der Waals surface area contributed by atoms with E-state index in [4.69, 9.17) is 16.3 Å². The lowest BCUT2D eigenvalue weighted by Crippen LogP contribution is -2.44. The van der Waals surface area contributed by atoms with E-state index in [2.05, 4.69) is 11.8 Å². The van der Waals surface area contributed by atoms with Gasteiger partial charge in [-0.15, -0.1) is 0 Å². The number of hydrogen-bond acceptors (Lipinski definition) is 4. The van der Waals surface area contributed by atoms with Crippen molar-refractivity contribution in [3.8, 4) is 0 Å². The molecule has 0 atom stereocenters. The molecule has 0 radical (unpaired) electrons. The lowest BCUT2D eigenvalue weighted by Gasteiger charge is -2.40. The van der Waals surface area contributed by atoms with Gasteiger partial charge < -0.3 is 9.64 Å². The van der Waals surface area contributed by atoms with Gasteiger partial charge >= 0.3 is 0 Å². The van der Waals surface area contributed by atoms with Gasteiger partial charge in [0.15, 0.2) is 0 Å². The first kappa shape index (κ1) is 20.6. The summed E-state index contributed by atoms with van der Waals surface area (Å²) in [6.45, 7) is 6.90. The molecule has 1 aromatic carbocycles. The van der Waals surface area contributed by atoms with E-state index in [1.54, 1.807) is 12.1 Å². The summed E-state index contributed by atoms with van der Waals surface area (Å²) >= 11 is 6.23. The summed E-state index contributed by atoms with van der Waals surface area (Å²) in [6, 6.07) is 4.10. The predicted octanol–water partition coefficient (Wildman–Crippen LogP) is 5.16. The molecule has 2 aliphatic rings. The van der Waals surface area contributed by atoms with E-state index in [0.717, 1.165) is 50.1 Å². The van der Waals surface area contributed by atoms with Crippen LogP contribution in [0.25, 0.3) is 0 Å². The van der Waals surface area contributed by atoms with E-state index in [9.17, 15) is 10.1 Å². The van der Waals surface area contributed by atoms with Crippen LogP contribution in [0.4, 0.5) is 5.69 Å². The van der Waals surface area contributed by atoms with E-state index in [0.29, 0.717) is 23.1 Å². The average Bonchev–Trinajstić information content (AvgIpc) is 2.66. The summed E-state index contributed by atoms with van der Waals surface area (Å²) in [7, 11) is 0. The first-order chi connectivity index (χ1) is 13.0. The molecule has 27 heavy (non-hydrogen) atoms. The van der Waals surface area contributed by atoms with Crippen LogP contribution in [-0.2, 0) is 11.2 Å². The Balaban J connectivity index is 1.53. The van der Waals surface area contributed by atoms with Gasteiger partial charge in [0.1, 0.15) is 0 Å². The maximum Gasteiger partial charge on any atom is 0.272 e. The van der Waals surface area contributed by atoms with Gasteiger partial charge in [0.05, 0.1) is 11.0 Å². The minimum absolute atomic E-state index is 0.216. The molecule has 0 amide bonds. The van der Waals surface area contributed by atoms with Crippen LogP contribution in [0.15, 0.2) is 12.1 Å². The molecule has 0 unspecified atom stereocenters. The normalized spacial score (nSPS) is 24.9. The first-order valence-corrected chi connectivity index (χ1v) is 10.6. The van der Waals surface area contributed by atoms with E-state index in [1.807, 2.05) is 6.92 Å². The van der Waals surface area contributed by atoms with E-state index in [1.165, 1.54) is 25.7 Å². The number of nitro groups is 1. The number of halogens is 1. The standard InChI is InChI=1S/C21H31ClN2O3/c1-3-27-19-6-4-18(5-7-19)23-10-8-16(9-11-23)13-17-14-20(22)15(2)12-21(17)24(25)26/h12,14,16,18-19H,3-11,13H2,1-2H3. The minimum Gasteiger partial charge on any atom is -0.379 e. The van der Waals surface area contributed by atoms with E-state index in [-0.39, 0.29) is 10.6 Å². The Morgan fingerprint density at radius 3 is 2.44 bits per heavy atom. The second-order valence-electron chi connectivity index (χ2n) is 8.06. The van der Waals surface area contributed by atoms with Crippen molar-refractivity contribution in [3.63, 3.8) is 0 Å². The number of nitro benzene ring substituents is 1. The number of ether oxygens (including phenoxy) is 1. The van der Waals surface area contributed by atoms with Crippen molar-refractivity contribution in [1.29, 1.82) is 0 Å². The molecule has 0 bridgehead atoms. The van der Waals surface area contributed by atoms with Crippen LogP contribution in [0.2, 0.25) is 5.02 Å². The number of piperidine rings is 1. The Labute approximate surface area is 167 Å². The van der Waals surface area contributed by atoms with Gasteiger partial charge in [0.2, 0.25) is 0 Å². The predicted molar refractivity (Wildman–Crippen MR) is 109 cm³/mol. The fraction of sp³-hybridized carbons (Fsp3) is 0.714. The molecular weight excluding hydrogens is 364 g/mol. The highest BCUT2D eigenvalue weighted by molar-refractivity contribution is 6.31. The van der Waals surface area contributed by atoms with Gasteiger partial charge in [-0.05, 0) is 89.4 Å². The zero-order valence-electron chi connectivity index (χ0n) is 16.5. The Kier molecular flexibility index (Phi) is 7.12. The van der Waals surface area contributed by atoms with Gasteiger partial charge in [0, 0.05) is 29.3 Å². The van der Waals surface area contributed by atoms with Gasteiger partial charge in [-0.1, -0.05) is 11.6 Å². The lowest BCUT2D eigenvalue weighted by atomic mass is 9.86. The highest BCUT2D eigenvalue weighted by Gasteiger charge is 2.30. The largest absolute Gasteiger partial charge is 0.379 e. The Bertz CT molecular complexity index is 651. The number of benzene rings is 1. The third kappa shape index (κ3) is 5.21. The monoisotopic (exact) mass is 394 g/mol. The van der Waals surface area contributed by atoms with Crippen molar-refractivity contribution in [2.24, 2.45) is 5.92 Å². The number of hydrogen-bond donors (Lipinski definition) is 0. The fourth-order valence-corrected chi connectivity index (χ4v) is 4.87. The van der Waals surface area contributed by atoms with Crippen LogP contribution < -0.4 is 0 Å². The summed E-state index contributed by atoms with van der Waals surface area (Å²) in [6.07, 6.45) is 8.22. The molecule has 0 spiro atoms. The van der Waals surface area contributed by atoms with Crippen molar-refractivity contribution in [2.45, 2.75) is 70.9 Å². The zero-order valence-corrected chi connectivity index (χ0v) is 17.2. The Morgan fingerprint density at radius 1 is 1.19 bits per heavy atom. The molecule has 0 N–H and O–H groups in total. The highest BCUT2D eigenvalue weighted by Crippen LogP contribution is 2.33. The molecule has 1 aliphatic carbocycles. The second-order valence-corrected chi connectivity index (χ2v) is 8.46. The fourth-order valence-electron chi connectivity index (χ4n) is 4.69.